The summed E-state index contributed by atoms with van der Waals surface area (Å²) in [5.74, 6) is -0.866. The summed E-state index contributed by atoms with van der Waals surface area (Å²) in [4.78, 5) is 37.7. The number of hydrogen-bond donors (Lipinski definition) is 0. The summed E-state index contributed by atoms with van der Waals surface area (Å²) in [5, 5.41) is 0. The minimum atomic E-state index is -0.762. The Kier molecular flexibility index (Phi) is 50.8. The molecule has 0 N–H and O–H groups in total. The number of allylic oxidation sites excluding steroid dienone is 4. The van der Waals surface area contributed by atoms with Crippen LogP contribution in [0.4, 0.5) is 0 Å². The number of ether oxygens (including phenoxy) is 3. The fourth-order valence-electron chi connectivity index (χ4n) is 8.24. The Bertz CT molecular complexity index is 1020. The molecule has 370 valence electrons. The first kappa shape index (κ1) is 60.9. The minimum absolute atomic E-state index is 0.0669. The van der Waals surface area contributed by atoms with Gasteiger partial charge in [0.05, 0.1) is 0 Å². The highest BCUT2D eigenvalue weighted by atomic mass is 16.6. The highest BCUT2D eigenvalue weighted by molar-refractivity contribution is 5.71. The summed E-state index contributed by atoms with van der Waals surface area (Å²) >= 11 is 0. The highest BCUT2D eigenvalue weighted by Gasteiger charge is 2.19. The average Bonchev–Trinajstić information content (AvgIpc) is 3.28. The highest BCUT2D eigenvalue weighted by Crippen LogP contribution is 2.17. The molecular formula is C57H106O6. The van der Waals surface area contributed by atoms with E-state index in [1.165, 1.54) is 193 Å². The van der Waals surface area contributed by atoms with Crippen molar-refractivity contribution < 1.29 is 28.6 Å². The molecule has 0 bridgehead atoms. The summed E-state index contributed by atoms with van der Waals surface area (Å²) < 4.78 is 16.7. The molecule has 0 spiro atoms. The van der Waals surface area contributed by atoms with E-state index in [4.69, 9.17) is 14.2 Å². The lowest BCUT2D eigenvalue weighted by Gasteiger charge is -2.18. The van der Waals surface area contributed by atoms with Crippen LogP contribution in [0, 0.1) is 0 Å². The number of carbonyl (C=O) groups excluding carboxylic acids is 3. The van der Waals surface area contributed by atoms with Crippen LogP contribution in [0.2, 0.25) is 0 Å². The van der Waals surface area contributed by atoms with Gasteiger partial charge in [0.25, 0.3) is 0 Å². The number of carbonyl (C=O) groups is 3. The van der Waals surface area contributed by atoms with Crippen molar-refractivity contribution in [2.45, 2.75) is 309 Å². The summed E-state index contributed by atoms with van der Waals surface area (Å²) in [7, 11) is 0. The molecule has 0 saturated heterocycles. The molecule has 6 nitrogen and oxygen atoms in total. The van der Waals surface area contributed by atoms with Crippen LogP contribution in [-0.2, 0) is 28.6 Å². The molecule has 0 heterocycles. The lowest BCUT2D eigenvalue weighted by atomic mass is 10.0. The van der Waals surface area contributed by atoms with Crippen LogP contribution in [0.25, 0.3) is 0 Å². The largest absolute Gasteiger partial charge is 0.462 e. The van der Waals surface area contributed by atoms with Gasteiger partial charge in [-0.1, -0.05) is 257 Å². The predicted molar refractivity (Wildman–Crippen MR) is 270 cm³/mol. The Morgan fingerprint density at radius 2 is 0.571 bits per heavy atom. The molecule has 0 saturated carbocycles. The van der Waals surface area contributed by atoms with Crippen molar-refractivity contribution in [2.24, 2.45) is 0 Å². The fraction of sp³-hybridized carbons (Fsp3) is 0.877. The Hall–Kier alpha value is -2.11. The Labute approximate surface area is 392 Å². The van der Waals surface area contributed by atoms with E-state index in [9.17, 15) is 14.4 Å². The van der Waals surface area contributed by atoms with Crippen LogP contribution in [0.5, 0.6) is 0 Å². The molecule has 0 fully saturated rings. The molecule has 0 radical (unpaired) electrons. The zero-order valence-corrected chi connectivity index (χ0v) is 42.4. The van der Waals surface area contributed by atoms with E-state index in [-0.39, 0.29) is 31.1 Å². The zero-order chi connectivity index (χ0) is 45.8. The van der Waals surface area contributed by atoms with Crippen LogP contribution in [0.1, 0.15) is 303 Å². The first-order valence-corrected chi connectivity index (χ1v) is 27.8. The maximum Gasteiger partial charge on any atom is 0.306 e. The van der Waals surface area contributed by atoms with E-state index in [1.54, 1.807) is 0 Å². The van der Waals surface area contributed by atoms with Crippen molar-refractivity contribution in [1.82, 2.24) is 0 Å². The van der Waals surface area contributed by atoms with Gasteiger partial charge in [0.15, 0.2) is 6.10 Å². The lowest BCUT2D eigenvalue weighted by Crippen LogP contribution is -2.30. The van der Waals surface area contributed by atoms with Crippen molar-refractivity contribution >= 4 is 17.9 Å². The van der Waals surface area contributed by atoms with E-state index < -0.39 is 6.10 Å². The molecule has 0 aromatic carbocycles. The molecule has 0 aromatic rings. The second-order valence-electron chi connectivity index (χ2n) is 18.9. The van der Waals surface area contributed by atoms with Gasteiger partial charge in [-0.25, -0.2) is 0 Å². The van der Waals surface area contributed by atoms with Gasteiger partial charge in [-0.3, -0.25) is 14.4 Å². The van der Waals surface area contributed by atoms with Gasteiger partial charge in [-0.15, -0.1) is 0 Å². The van der Waals surface area contributed by atoms with Crippen LogP contribution >= 0.6 is 0 Å². The molecule has 0 aliphatic heterocycles. The standard InChI is InChI=1S/C57H106O6/c1-4-7-10-13-15-17-19-21-22-23-24-25-26-27-28-29-30-31-32-33-34-36-37-39-41-44-47-50-56(59)62-53-54(52-61-55(58)49-46-43-12-9-6-3)63-57(60)51-48-45-42-40-38-35-20-18-16-14-11-8-5-2/h19,21,23-24,54H,4-18,20,22,25-53H2,1-3H3/b21-19-,24-23-. The fourth-order valence-corrected chi connectivity index (χ4v) is 8.24. The smallest absolute Gasteiger partial charge is 0.306 e. The summed E-state index contributed by atoms with van der Waals surface area (Å²) in [6.07, 6.45) is 60.8. The van der Waals surface area contributed by atoms with Gasteiger partial charge in [-0.05, 0) is 51.4 Å². The summed E-state index contributed by atoms with van der Waals surface area (Å²) in [6, 6.07) is 0. The number of rotatable bonds is 51. The molecule has 0 aromatic heterocycles. The van der Waals surface area contributed by atoms with E-state index in [2.05, 4.69) is 45.1 Å². The van der Waals surface area contributed by atoms with E-state index in [0.29, 0.717) is 19.3 Å². The molecule has 0 aliphatic rings. The molecular weight excluding hydrogens is 781 g/mol. The maximum atomic E-state index is 12.7. The Balaban J connectivity index is 3.97. The molecule has 63 heavy (non-hydrogen) atoms. The zero-order valence-electron chi connectivity index (χ0n) is 42.4. The molecule has 0 amide bonds. The maximum absolute atomic E-state index is 12.7. The van der Waals surface area contributed by atoms with E-state index in [1.807, 2.05) is 0 Å². The van der Waals surface area contributed by atoms with Gasteiger partial charge in [0.1, 0.15) is 13.2 Å². The first-order chi connectivity index (χ1) is 31.0. The molecule has 1 atom stereocenters. The quantitative estimate of drug-likeness (QED) is 0.0262. The van der Waals surface area contributed by atoms with Crippen LogP contribution in [0.15, 0.2) is 24.3 Å². The topological polar surface area (TPSA) is 78.9 Å². The molecule has 0 rings (SSSR count). The van der Waals surface area contributed by atoms with Crippen molar-refractivity contribution in [3.05, 3.63) is 24.3 Å². The third-order valence-corrected chi connectivity index (χ3v) is 12.5. The first-order valence-electron chi connectivity index (χ1n) is 27.8. The second-order valence-corrected chi connectivity index (χ2v) is 18.9. The van der Waals surface area contributed by atoms with E-state index >= 15 is 0 Å². The molecule has 6 heteroatoms. The number of hydrogen-bond acceptors (Lipinski definition) is 6. The third kappa shape index (κ3) is 50.7. The summed E-state index contributed by atoms with van der Waals surface area (Å²) in [5.41, 5.74) is 0. The Morgan fingerprint density at radius 3 is 0.873 bits per heavy atom. The average molecular weight is 887 g/mol. The number of unbranched alkanes of at least 4 members (excludes halogenated alkanes) is 36. The lowest BCUT2D eigenvalue weighted by molar-refractivity contribution is -0.167. The van der Waals surface area contributed by atoms with Crippen LogP contribution < -0.4 is 0 Å². The monoisotopic (exact) mass is 887 g/mol. The van der Waals surface area contributed by atoms with Crippen molar-refractivity contribution in [1.29, 1.82) is 0 Å². The van der Waals surface area contributed by atoms with Gasteiger partial charge in [0, 0.05) is 19.3 Å². The van der Waals surface area contributed by atoms with Crippen molar-refractivity contribution in [3.63, 3.8) is 0 Å². The normalized spacial score (nSPS) is 12.1. The van der Waals surface area contributed by atoms with E-state index in [0.717, 1.165) is 70.6 Å². The van der Waals surface area contributed by atoms with Crippen LogP contribution in [0.3, 0.4) is 0 Å². The minimum Gasteiger partial charge on any atom is -0.462 e. The van der Waals surface area contributed by atoms with Crippen LogP contribution in [-0.4, -0.2) is 37.2 Å². The van der Waals surface area contributed by atoms with Crippen molar-refractivity contribution in [2.75, 3.05) is 13.2 Å². The van der Waals surface area contributed by atoms with Gasteiger partial charge in [-0.2, -0.15) is 0 Å². The second kappa shape index (κ2) is 52.5. The van der Waals surface area contributed by atoms with Crippen molar-refractivity contribution in [3.8, 4) is 0 Å². The van der Waals surface area contributed by atoms with Gasteiger partial charge < -0.3 is 14.2 Å². The SMILES string of the molecule is CCCCCCC/C=C\C/C=C\CCCCCCCCCCCCCCCCCC(=O)OCC(COC(=O)CCCCCCC)OC(=O)CCCCCCCCCCCCCCC. The van der Waals surface area contributed by atoms with Gasteiger partial charge >= 0.3 is 17.9 Å². The predicted octanol–water partition coefficient (Wildman–Crippen LogP) is 18.3. The van der Waals surface area contributed by atoms with Gasteiger partial charge in [0.2, 0.25) is 0 Å². The molecule has 1 unspecified atom stereocenters. The third-order valence-electron chi connectivity index (χ3n) is 12.5. The Morgan fingerprint density at radius 1 is 0.317 bits per heavy atom. The number of esters is 3. The molecule has 0 aliphatic carbocycles. The summed E-state index contributed by atoms with van der Waals surface area (Å²) in [6.45, 7) is 6.58.